The smallest absolute Gasteiger partial charge is 0.345 e. The molecule has 0 fully saturated rings. The highest BCUT2D eigenvalue weighted by Crippen LogP contribution is 2.30. The van der Waals surface area contributed by atoms with E-state index >= 15 is 0 Å². The van der Waals surface area contributed by atoms with E-state index in [9.17, 15) is 18.0 Å². The van der Waals surface area contributed by atoms with Crippen molar-refractivity contribution in [2.75, 3.05) is 0 Å². The van der Waals surface area contributed by atoms with Gasteiger partial charge in [0.25, 0.3) is 5.91 Å². The predicted octanol–water partition coefficient (Wildman–Crippen LogP) is 3.87. The van der Waals surface area contributed by atoms with Crippen molar-refractivity contribution in [1.82, 2.24) is 20.1 Å². The van der Waals surface area contributed by atoms with Gasteiger partial charge in [-0.1, -0.05) is 29.8 Å². The zero-order valence-electron chi connectivity index (χ0n) is 13.2. The molecule has 2 heterocycles. The highest BCUT2D eigenvalue weighted by molar-refractivity contribution is 6.32. The summed E-state index contributed by atoms with van der Waals surface area (Å²) in [7, 11) is 0. The van der Waals surface area contributed by atoms with Crippen molar-refractivity contribution in [3.63, 3.8) is 0 Å². The first-order valence-electron chi connectivity index (χ1n) is 7.46. The minimum atomic E-state index is -4.69. The van der Waals surface area contributed by atoms with Gasteiger partial charge in [-0.2, -0.15) is 18.3 Å². The second-order valence-electron chi connectivity index (χ2n) is 5.28. The van der Waals surface area contributed by atoms with Crippen molar-refractivity contribution in [1.29, 1.82) is 0 Å². The lowest BCUT2D eigenvalue weighted by Gasteiger charge is -2.09. The molecule has 0 saturated carbocycles. The Balaban J connectivity index is 1.95. The number of hydrogen-bond acceptors (Lipinski definition) is 3. The number of alkyl halides is 3. The van der Waals surface area contributed by atoms with E-state index in [0.717, 1.165) is 4.68 Å². The lowest BCUT2D eigenvalue weighted by Crippen LogP contribution is -2.25. The number of para-hydroxylation sites is 1. The maximum Gasteiger partial charge on any atom is 0.435 e. The standard InChI is InChI=1S/C17H12ClF3N4O/c18-12-6-1-2-7-13(12)25-14(9-15(24-25)17(19,20)21)16(26)23-10-11-5-3-4-8-22-11/h1-9H,10H2,(H,23,26). The van der Waals surface area contributed by atoms with Crippen LogP contribution in [-0.2, 0) is 12.7 Å². The lowest BCUT2D eigenvalue weighted by molar-refractivity contribution is -0.141. The van der Waals surface area contributed by atoms with Crippen molar-refractivity contribution < 1.29 is 18.0 Å². The Morgan fingerprint density at radius 2 is 1.88 bits per heavy atom. The number of halogens is 4. The van der Waals surface area contributed by atoms with Crippen LogP contribution in [0.1, 0.15) is 21.9 Å². The Labute approximate surface area is 151 Å². The van der Waals surface area contributed by atoms with E-state index in [0.29, 0.717) is 11.8 Å². The first kappa shape index (κ1) is 17.9. The third-order valence-electron chi connectivity index (χ3n) is 3.47. The van der Waals surface area contributed by atoms with Gasteiger partial charge in [-0.25, -0.2) is 4.68 Å². The van der Waals surface area contributed by atoms with Crippen LogP contribution in [0.2, 0.25) is 5.02 Å². The maximum absolute atomic E-state index is 13.1. The Bertz CT molecular complexity index is 925. The molecule has 26 heavy (non-hydrogen) atoms. The summed E-state index contributed by atoms with van der Waals surface area (Å²) in [5.41, 5.74) is -0.713. The summed E-state index contributed by atoms with van der Waals surface area (Å²) < 4.78 is 40.1. The number of hydrogen-bond donors (Lipinski definition) is 1. The van der Waals surface area contributed by atoms with Gasteiger partial charge in [0.15, 0.2) is 5.69 Å². The monoisotopic (exact) mass is 380 g/mol. The Hall–Kier alpha value is -2.87. The maximum atomic E-state index is 13.1. The average Bonchev–Trinajstić information content (AvgIpc) is 3.06. The number of nitrogens with zero attached hydrogens (tertiary/aromatic N) is 3. The fourth-order valence-electron chi connectivity index (χ4n) is 2.25. The van der Waals surface area contributed by atoms with E-state index in [1.165, 1.54) is 12.1 Å². The fourth-order valence-corrected chi connectivity index (χ4v) is 2.47. The van der Waals surface area contributed by atoms with Crippen LogP contribution >= 0.6 is 11.6 Å². The molecule has 0 aliphatic rings. The van der Waals surface area contributed by atoms with Crippen LogP contribution in [0.3, 0.4) is 0 Å². The molecular weight excluding hydrogens is 369 g/mol. The van der Waals surface area contributed by atoms with E-state index in [4.69, 9.17) is 11.6 Å². The van der Waals surface area contributed by atoms with Gasteiger partial charge in [0.1, 0.15) is 5.69 Å². The quantitative estimate of drug-likeness (QED) is 0.747. The number of nitrogens with one attached hydrogen (secondary N) is 1. The molecule has 0 unspecified atom stereocenters. The van der Waals surface area contributed by atoms with E-state index in [1.54, 1.807) is 36.5 Å². The van der Waals surface area contributed by atoms with Crippen LogP contribution in [0.25, 0.3) is 5.69 Å². The fraction of sp³-hybridized carbons (Fsp3) is 0.118. The average molecular weight is 381 g/mol. The summed E-state index contributed by atoms with van der Waals surface area (Å²) >= 11 is 6.05. The molecule has 2 aromatic heterocycles. The van der Waals surface area contributed by atoms with E-state index in [2.05, 4.69) is 15.4 Å². The molecule has 134 valence electrons. The van der Waals surface area contributed by atoms with Crippen molar-refractivity contribution >= 4 is 17.5 Å². The SMILES string of the molecule is O=C(NCc1ccccn1)c1cc(C(F)(F)F)nn1-c1ccccc1Cl. The summed E-state index contributed by atoms with van der Waals surface area (Å²) in [4.78, 5) is 16.5. The molecule has 0 radical (unpaired) electrons. The molecule has 3 aromatic rings. The van der Waals surface area contributed by atoms with Gasteiger partial charge in [0.05, 0.1) is 22.9 Å². The van der Waals surface area contributed by atoms with Gasteiger partial charge in [0.2, 0.25) is 0 Å². The number of aromatic nitrogens is 3. The van der Waals surface area contributed by atoms with Crippen molar-refractivity contribution in [3.8, 4) is 5.69 Å². The molecule has 3 rings (SSSR count). The molecule has 0 aliphatic carbocycles. The molecule has 1 aromatic carbocycles. The topological polar surface area (TPSA) is 59.8 Å². The van der Waals surface area contributed by atoms with E-state index < -0.39 is 17.8 Å². The van der Waals surface area contributed by atoms with Gasteiger partial charge < -0.3 is 5.32 Å². The molecule has 1 amide bonds. The molecule has 0 spiro atoms. The number of pyridine rings is 1. The Morgan fingerprint density at radius 3 is 2.54 bits per heavy atom. The second kappa shape index (κ2) is 7.17. The summed E-state index contributed by atoms with van der Waals surface area (Å²) in [5.74, 6) is -0.724. The molecule has 5 nitrogen and oxygen atoms in total. The third kappa shape index (κ3) is 3.85. The van der Waals surface area contributed by atoms with Crippen molar-refractivity contribution in [2.45, 2.75) is 12.7 Å². The number of carbonyl (C=O) groups is 1. The van der Waals surface area contributed by atoms with E-state index in [-0.39, 0.29) is 22.9 Å². The number of amides is 1. The van der Waals surface area contributed by atoms with Gasteiger partial charge in [-0.15, -0.1) is 0 Å². The largest absolute Gasteiger partial charge is 0.435 e. The third-order valence-corrected chi connectivity index (χ3v) is 3.79. The highest BCUT2D eigenvalue weighted by atomic mass is 35.5. The first-order valence-corrected chi connectivity index (χ1v) is 7.84. The molecule has 0 atom stereocenters. The molecular formula is C17H12ClF3N4O. The van der Waals surface area contributed by atoms with Crippen LogP contribution in [0.5, 0.6) is 0 Å². The van der Waals surface area contributed by atoms with Gasteiger partial charge in [0, 0.05) is 12.3 Å². The predicted molar refractivity (Wildman–Crippen MR) is 89.0 cm³/mol. The van der Waals surface area contributed by atoms with Crippen LogP contribution in [0, 0.1) is 0 Å². The van der Waals surface area contributed by atoms with E-state index in [1.807, 2.05) is 0 Å². The zero-order chi connectivity index (χ0) is 18.7. The molecule has 0 saturated heterocycles. The normalized spacial score (nSPS) is 11.4. The van der Waals surface area contributed by atoms with Gasteiger partial charge in [-0.3, -0.25) is 9.78 Å². The summed E-state index contributed by atoms with van der Waals surface area (Å²) in [6, 6.07) is 12.0. The van der Waals surface area contributed by atoms with Gasteiger partial charge in [-0.05, 0) is 24.3 Å². The summed E-state index contributed by atoms with van der Waals surface area (Å²) in [5, 5.41) is 6.23. The number of rotatable bonds is 4. The number of carbonyl (C=O) groups excluding carboxylic acids is 1. The van der Waals surface area contributed by atoms with Crippen molar-refractivity contribution in [2.24, 2.45) is 0 Å². The highest BCUT2D eigenvalue weighted by Gasteiger charge is 2.36. The molecule has 0 aliphatic heterocycles. The first-order chi connectivity index (χ1) is 12.4. The zero-order valence-corrected chi connectivity index (χ0v) is 13.9. The van der Waals surface area contributed by atoms with Crippen molar-refractivity contribution in [3.05, 3.63) is 76.8 Å². The number of benzene rings is 1. The summed E-state index contributed by atoms with van der Waals surface area (Å²) in [6.07, 6.45) is -3.14. The van der Waals surface area contributed by atoms with Crippen LogP contribution in [0.15, 0.2) is 54.7 Å². The second-order valence-corrected chi connectivity index (χ2v) is 5.69. The molecule has 1 N–H and O–H groups in total. The molecule has 9 heteroatoms. The Kier molecular flexibility index (Phi) is 4.94. The van der Waals surface area contributed by atoms with Crippen LogP contribution in [0.4, 0.5) is 13.2 Å². The molecule has 0 bridgehead atoms. The summed E-state index contributed by atoms with van der Waals surface area (Å²) in [6.45, 7) is 0.0642. The minimum absolute atomic E-state index is 0.0642. The minimum Gasteiger partial charge on any atom is -0.345 e. The lowest BCUT2D eigenvalue weighted by atomic mass is 10.3. The van der Waals surface area contributed by atoms with Crippen LogP contribution < -0.4 is 5.32 Å². The van der Waals surface area contributed by atoms with Gasteiger partial charge >= 0.3 is 6.18 Å². The van der Waals surface area contributed by atoms with Crippen LogP contribution in [-0.4, -0.2) is 20.7 Å². The Morgan fingerprint density at radius 1 is 1.15 bits per heavy atom.